The minimum absolute atomic E-state index is 0.171. The Labute approximate surface area is 118 Å². The van der Waals surface area contributed by atoms with Crippen molar-refractivity contribution >= 4 is 17.3 Å². The zero-order chi connectivity index (χ0) is 15.6. The first-order chi connectivity index (χ1) is 9.92. The van der Waals surface area contributed by atoms with Crippen LogP contribution in [0.1, 0.15) is 6.92 Å². The minimum Gasteiger partial charge on any atom is -0.463 e. The summed E-state index contributed by atoms with van der Waals surface area (Å²) in [5.41, 5.74) is -0.302. The summed E-state index contributed by atoms with van der Waals surface area (Å²) in [5, 5.41) is 10.5. The summed E-state index contributed by atoms with van der Waals surface area (Å²) >= 11 is 0. The number of ether oxygens (including phenoxy) is 1. The lowest BCUT2D eigenvalue weighted by Gasteiger charge is -2.36. The number of benzene rings is 1. The summed E-state index contributed by atoms with van der Waals surface area (Å²) in [5.74, 6) is -2.51. The molecular formula is C13H12F2N2O4. The highest BCUT2D eigenvalue weighted by atomic mass is 19.1. The van der Waals surface area contributed by atoms with Gasteiger partial charge in [-0.3, -0.25) is 10.1 Å². The van der Waals surface area contributed by atoms with Crippen LogP contribution in [0.5, 0.6) is 0 Å². The number of hydrogen-bond donors (Lipinski definition) is 0. The molecule has 21 heavy (non-hydrogen) atoms. The standard InChI is InChI=1S/C13H12F2N2O4/c1-2-21-12(18)3-8-6-16(7-8)13-10(14)4-9(17(19)20)5-11(13)15/h3-5H,2,6-7H2,1H3. The molecule has 2 rings (SSSR count). The number of non-ortho nitro benzene ring substituents is 1. The molecule has 1 aromatic carbocycles. The maximum atomic E-state index is 13.8. The van der Waals surface area contributed by atoms with Crippen LogP contribution in [0, 0.1) is 21.7 Å². The predicted octanol–water partition coefficient (Wildman–Crippen LogP) is 2.18. The molecule has 1 aliphatic rings. The second-order valence-electron chi connectivity index (χ2n) is 4.43. The van der Waals surface area contributed by atoms with Gasteiger partial charge >= 0.3 is 5.97 Å². The maximum absolute atomic E-state index is 13.8. The van der Waals surface area contributed by atoms with Gasteiger partial charge in [0.2, 0.25) is 0 Å². The summed E-state index contributed by atoms with van der Waals surface area (Å²) in [6.07, 6.45) is 1.28. The molecule has 0 N–H and O–H groups in total. The van der Waals surface area contributed by atoms with E-state index in [-0.39, 0.29) is 25.4 Å². The monoisotopic (exact) mass is 298 g/mol. The third kappa shape index (κ3) is 3.15. The van der Waals surface area contributed by atoms with Gasteiger partial charge in [0.15, 0.2) is 11.6 Å². The van der Waals surface area contributed by atoms with Gasteiger partial charge in [-0.1, -0.05) is 0 Å². The summed E-state index contributed by atoms with van der Waals surface area (Å²) < 4.78 is 32.2. The molecule has 0 unspecified atom stereocenters. The second kappa shape index (κ2) is 5.86. The Balaban J connectivity index is 2.12. The lowest BCUT2D eigenvalue weighted by molar-refractivity contribution is -0.385. The molecule has 1 aliphatic heterocycles. The Morgan fingerprint density at radius 2 is 2.00 bits per heavy atom. The van der Waals surface area contributed by atoms with Gasteiger partial charge in [0, 0.05) is 19.2 Å². The van der Waals surface area contributed by atoms with Crippen molar-refractivity contribution < 1.29 is 23.2 Å². The highest BCUT2D eigenvalue weighted by molar-refractivity contribution is 5.84. The predicted molar refractivity (Wildman–Crippen MR) is 69.9 cm³/mol. The van der Waals surface area contributed by atoms with Crippen LogP contribution in [0.25, 0.3) is 0 Å². The number of halogens is 2. The van der Waals surface area contributed by atoms with Crippen molar-refractivity contribution in [3.63, 3.8) is 0 Å². The van der Waals surface area contributed by atoms with E-state index in [2.05, 4.69) is 0 Å². The fraction of sp³-hybridized carbons (Fsp3) is 0.308. The van der Waals surface area contributed by atoms with Crippen molar-refractivity contribution in [3.05, 3.63) is 45.5 Å². The number of nitro groups is 1. The average Bonchev–Trinajstić information content (AvgIpc) is 2.34. The van der Waals surface area contributed by atoms with Crippen LogP contribution >= 0.6 is 0 Å². The van der Waals surface area contributed by atoms with Gasteiger partial charge in [-0.05, 0) is 12.5 Å². The number of carbonyl (C=O) groups excluding carboxylic acids is 1. The molecule has 0 saturated carbocycles. The fourth-order valence-corrected chi connectivity index (χ4v) is 2.00. The first-order valence-electron chi connectivity index (χ1n) is 6.17. The molecular weight excluding hydrogens is 286 g/mol. The number of carbonyl (C=O) groups is 1. The van der Waals surface area contributed by atoms with Gasteiger partial charge in [-0.25, -0.2) is 13.6 Å². The number of nitrogens with zero attached hydrogens (tertiary/aromatic N) is 2. The zero-order valence-electron chi connectivity index (χ0n) is 11.1. The molecule has 0 amide bonds. The van der Waals surface area contributed by atoms with E-state index in [1.165, 1.54) is 11.0 Å². The largest absolute Gasteiger partial charge is 0.463 e. The van der Waals surface area contributed by atoms with Gasteiger partial charge in [-0.2, -0.15) is 0 Å². The molecule has 112 valence electrons. The topological polar surface area (TPSA) is 72.7 Å². The molecule has 0 aliphatic carbocycles. The van der Waals surface area contributed by atoms with E-state index in [0.717, 1.165) is 0 Å². The highest BCUT2D eigenvalue weighted by Crippen LogP contribution is 2.32. The van der Waals surface area contributed by atoms with Gasteiger partial charge < -0.3 is 9.64 Å². The first kappa shape index (κ1) is 14.9. The number of rotatable bonds is 4. The summed E-state index contributed by atoms with van der Waals surface area (Å²) in [6, 6.07) is 1.34. The normalized spacial score (nSPS) is 13.7. The van der Waals surface area contributed by atoms with Crippen molar-refractivity contribution in [2.45, 2.75) is 6.92 Å². The molecule has 0 aromatic heterocycles. The molecule has 1 fully saturated rings. The van der Waals surface area contributed by atoms with Gasteiger partial charge in [-0.15, -0.1) is 0 Å². The number of nitro benzene ring substituents is 1. The molecule has 0 bridgehead atoms. The lowest BCUT2D eigenvalue weighted by Crippen LogP contribution is -2.41. The van der Waals surface area contributed by atoms with Gasteiger partial charge in [0.1, 0.15) is 5.69 Å². The van der Waals surface area contributed by atoms with Crippen LogP contribution in [-0.4, -0.2) is 30.6 Å². The Hall–Kier alpha value is -2.51. The summed E-state index contributed by atoms with van der Waals surface area (Å²) in [6.45, 7) is 2.26. The highest BCUT2D eigenvalue weighted by Gasteiger charge is 2.28. The Kier molecular flexibility index (Phi) is 4.15. The molecule has 8 heteroatoms. The van der Waals surface area contributed by atoms with Crippen LogP contribution in [0.4, 0.5) is 20.2 Å². The van der Waals surface area contributed by atoms with Crippen molar-refractivity contribution in [1.82, 2.24) is 0 Å². The molecule has 0 spiro atoms. The van der Waals surface area contributed by atoms with E-state index >= 15 is 0 Å². The van der Waals surface area contributed by atoms with E-state index in [1.807, 2.05) is 0 Å². The van der Waals surface area contributed by atoms with E-state index in [1.54, 1.807) is 6.92 Å². The zero-order valence-corrected chi connectivity index (χ0v) is 11.1. The van der Waals surface area contributed by atoms with E-state index in [9.17, 15) is 23.7 Å². The first-order valence-corrected chi connectivity index (χ1v) is 6.17. The smallest absolute Gasteiger partial charge is 0.330 e. The van der Waals surface area contributed by atoms with E-state index in [4.69, 9.17) is 4.74 Å². The Bertz CT molecular complexity index is 600. The van der Waals surface area contributed by atoms with Crippen LogP contribution in [-0.2, 0) is 9.53 Å². The fourth-order valence-electron chi connectivity index (χ4n) is 2.00. The summed E-state index contributed by atoms with van der Waals surface area (Å²) in [4.78, 5) is 22.2. The Morgan fingerprint density at radius 1 is 1.43 bits per heavy atom. The number of esters is 1. The lowest BCUT2D eigenvalue weighted by atomic mass is 10.1. The van der Waals surface area contributed by atoms with E-state index in [0.29, 0.717) is 17.7 Å². The van der Waals surface area contributed by atoms with Crippen LogP contribution in [0.2, 0.25) is 0 Å². The average molecular weight is 298 g/mol. The van der Waals surface area contributed by atoms with Crippen molar-refractivity contribution in [3.8, 4) is 0 Å². The number of anilines is 1. The van der Waals surface area contributed by atoms with Crippen molar-refractivity contribution in [1.29, 1.82) is 0 Å². The van der Waals surface area contributed by atoms with Crippen molar-refractivity contribution in [2.24, 2.45) is 0 Å². The maximum Gasteiger partial charge on any atom is 0.330 e. The third-order valence-electron chi connectivity index (χ3n) is 2.93. The second-order valence-corrected chi connectivity index (χ2v) is 4.43. The molecule has 1 aromatic rings. The third-order valence-corrected chi connectivity index (χ3v) is 2.93. The quantitative estimate of drug-likeness (QED) is 0.369. The van der Waals surface area contributed by atoms with Gasteiger partial charge in [0.25, 0.3) is 5.69 Å². The van der Waals surface area contributed by atoms with Crippen LogP contribution in [0.3, 0.4) is 0 Å². The van der Waals surface area contributed by atoms with E-state index < -0.39 is 28.2 Å². The molecule has 1 heterocycles. The minimum atomic E-state index is -1.00. The van der Waals surface area contributed by atoms with Gasteiger partial charge in [0.05, 0.1) is 23.7 Å². The SMILES string of the molecule is CCOC(=O)C=C1CN(c2c(F)cc([N+](=O)[O-])cc2F)C1. The van der Waals surface area contributed by atoms with Crippen molar-refractivity contribution in [2.75, 3.05) is 24.6 Å². The van der Waals surface area contributed by atoms with Crippen LogP contribution in [0.15, 0.2) is 23.8 Å². The van der Waals surface area contributed by atoms with Crippen LogP contribution < -0.4 is 4.90 Å². The summed E-state index contributed by atoms with van der Waals surface area (Å²) in [7, 11) is 0. The number of hydrogen-bond acceptors (Lipinski definition) is 5. The Morgan fingerprint density at radius 3 is 2.48 bits per heavy atom. The molecule has 0 radical (unpaired) electrons. The molecule has 1 saturated heterocycles. The molecule has 6 nitrogen and oxygen atoms in total. The molecule has 0 atom stereocenters.